The SMILES string of the molecule is CC(C)(C)C(=O)OCOC(=O)NC(C)(C)C(=O)N[C@H](COCc1ccccc1)C(=O)N1CCC2(CC1)CN(S(C)(=O)=O)c1ccccc12. The van der Waals surface area contributed by atoms with E-state index in [0.29, 0.717) is 38.2 Å². The van der Waals surface area contributed by atoms with Gasteiger partial charge in [-0.25, -0.2) is 13.2 Å². The molecule has 1 saturated heterocycles. The zero-order valence-electron chi connectivity index (χ0n) is 28.4. The Hall–Kier alpha value is -4.17. The van der Waals surface area contributed by atoms with Crippen LogP contribution >= 0.6 is 0 Å². The van der Waals surface area contributed by atoms with Gasteiger partial charge in [-0.15, -0.1) is 0 Å². The first-order chi connectivity index (χ1) is 22.4. The van der Waals surface area contributed by atoms with Gasteiger partial charge in [-0.3, -0.25) is 18.7 Å². The van der Waals surface area contributed by atoms with Gasteiger partial charge >= 0.3 is 12.1 Å². The molecule has 2 aromatic carbocycles. The number of nitrogens with one attached hydrogen (secondary N) is 2. The molecule has 0 radical (unpaired) electrons. The molecule has 0 saturated carbocycles. The fraction of sp³-hybridized carbons (Fsp3) is 0.529. The number of para-hydroxylation sites is 1. The van der Waals surface area contributed by atoms with Crippen molar-refractivity contribution in [2.45, 2.75) is 71.1 Å². The summed E-state index contributed by atoms with van der Waals surface area (Å²) in [5.74, 6) is -1.57. The number of alkyl carbamates (subject to hydrolysis) is 1. The van der Waals surface area contributed by atoms with E-state index in [0.717, 1.165) is 11.1 Å². The van der Waals surface area contributed by atoms with Crippen molar-refractivity contribution in [2.24, 2.45) is 5.41 Å². The third kappa shape index (κ3) is 8.84. The summed E-state index contributed by atoms with van der Waals surface area (Å²) >= 11 is 0. The molecule has 2 aliphatic heterocycles. The van der Waals surface area contributed by atoms with Crippen LogP contribution in [0.15, 0.2) is 54.6 Å². The van der Waals surface area contributed by atoms with E-state index in [9.17, 15) is 27.6 Å². The Kier molecular flexibility index (Phi) is 11.1. The maximum absolute atomic E-state index is 13.9. The lowest BCUT2D eigenvalue weighted by molar-refractivity contribution is -0.161. The summed E-state index contributed by atoms with van der Waals surface area (Å²) in [7, 11) is -3.49. The second-order valence-corrected chi connectivity index (χ2v) is 15.8. The number of hydrogen-bond acceptors (Lipinski definition) is 9. The van der Waals surface area contributed by atoms with Gasteiger partial charge in [-0.2, -0.15) is 0 Å². The highest BCUT2D eigenvalue weighted by atomic mass is 32.2. The number of esters is 1. The minimum atomic E-state index is -3.49. The first kappa shape index (κ1) is 36.7. The van der Waals surface area contributed by atoms with Crippen LogP contribution in [0.25, 0.3) is 0 Å². The summed E-state index contributed by atoms with van der Waals surface area (Å²) in [6.45, 7) is 8.33. The molecule has 0 aromatic heterocycles. The van der Waals surface area contributed by atoms with Gasteiger partial charge in [0.2, 0.25) is 28.6 Å². The number of benzene rings is 2. The average molecular weight is 687 g/mol. The largest absolute Gasteiger partial charge is 0.427 e. The number of rotatable bonds is 11. The van der Waals surface area contributed by atoms with E-state index in [2.05, 4.69) is 10.6 Å². The number of fused-ring (bicyclic) bond motifs is 2. The van der Waals surface area contributed by atoms with Crippen LogP contribution in [0.3, 0.4) is 0 Å². The van der Waals surface area contributed by atoms with Crippen molar-refractivity contribution < 1.29 is 41.8 Å². The van der Waals surface area contributed by atoms with Gasteiger partial charge in [0.25, 0.3) is 0 Å². The minimum Gasteiger partial charge on any atom is -0.427 e. The zero-order valence-corrected chi connectivity index (χ0v) is 29.2. The van der Waals surface area contributed by atoms with Gasteiger partial charge in [0.05, 0.1) is 30.6 Å². The number of amides is 3. The first-order valence-electron chi connectivity index (χ1n) is 15.8. The smallest absolute Gasteiger partial charge is 0.410 e. The topological polar surface area (TPSA) is 161 Å². The normalized spacial score (nSPS) is 16.5. The molecular formula is C34H46N4O9S. The van der Waals surface area contributed by atoms with E-state index in [1.54, 1.807) is 25.7 Å². The van der Waals surface area contributed by atoms with Gasteiger partial charge in [-0.1, -0.05) is 48.5 Å². The molecule has 48 heavy (non-hydrogen) atoms. The molecule has 1 fully saturated rings. The van der Waals surface area contributed by atoms with Crippen LogP contribution in [0.1, 0.15) is 58.6 Å². The lowest BCUT2D eigenvalue weighted by Crippen LogP contribution is -2.61. The summed E-state index contributed by atoms with van der Waals surface area (Å²) in [5.41, 5.74) is -0.228. The molecule has 1 atom stereocenters. The maximum atomic E-state index is 13.9. The Balaban J connectivity index is 1.42. The summed E-state index contributed by atoms with van der Waals surface area (Å²) in [4.78, 5) is 53.4. The highest BCUT2D eigenvalue weighted by Gasteiger charge is 2.48. The summed E-state index contributed by atoms with van der Waals surface area (Å²) in [6, 6.07) is 15.8. The molecule has 2 aliphatic rings. The second kappa shape index (κ2) is 14.5. The molecule has 0 bridgehead atoms. The standard InChI is InChI=1S/C34H46N4O9S/c1-32(2,3)30(41)46-23-47-31(42)36-33(4,5)29(40)35-26(21-45-20-24-12-8-7-9-13-24)28(39)37-18-16-34(17-19-37)22-38(48(6,43)44)27-15-11-10-14-25(27)34/h7-15,26H,16-23H2,1-6H3,(H,35,40)(H,36,42)/t26-/m1/s1. The molecule has 14 heteroatoms. The monoisotopic (exact) mass is 686 g/mol. The van der Waals surface area contributed by atoms with Crippen molar-refractivity contribution >= 4 is 39.6 Å². The number of anilines is 1. The molecule has 13 nitrogen and oxygen atoms in total. The number of nitrogens with zero attached hydrogens (tertiary/aromatic N) is 2. The van der Waals surface area contributed by atoms with Gasteiger partial charge in [0.1, 0.15) is 11.6 Å². The predicted molar refractivity (Wildman–Crippen MR) is 178 cm³/mol. The maximum Gasteiger partial charge on any atom is 0.410 e. The average Bonchev–Trinajstić information content (AvgIpc) is 3.34. The molecule has 2 aromatic rings. The van der Waals surface area contributed by atoms with E-state index >= 15 is 0 Å². The molecule has 4 rings (SSSR count). The highest BCUT2D eigenvalue weighted by Crippen LogP contribution is 2.47. The number of sulfonamides is 1. The Morgan fingerprint density at radius 2 is 1.54 bits per heavy atom. The van der Waals surface area contributed by atoms with Crippen molar-refractivity contribution in [3.63, 3.8) is 0 Å². The molecule has 2 heterocycles. The molecule has 3 amide bonds. The Bertz CT molecular complexity index is 1600. The lowest BCUT2D eigenvalue weighted by atomic mass is 9.74. The van der Waals surface area contributed by atoms with E-state index in [1.165, 1.54) is 24.4 Å². The van der Waals surface area contributed by atoms with Crippen molar-refractivity contribution in [3.05, 3.63) is 65.7 Å². The van der Waals surface area contributed by atoms with E-state index < -0.39 is 57.2 Å². The summed E-state index contributed by atoms with van der Waals surface area (Å²) in [6.07, 6.45) is 1.28. The fourth-order valence-electron chi connectivity index (χ4n) is 5.77. The van der Waals surface area contributed by atoms with Crippen LogP contribution in [0, 0.1) is 5.41 Å². The van der Waals surface area contributed by atoms with Crippen LogP contribution in [-0.2, 0) is 50.6 Å². The van der Waals surface area contributed by atoms with Crippen LogP contribution in [0.2, 0.25) is 0 Å². The van der Waals surface area contributed by atoms with Crippen LogP contribution in [0.4, 0.5) is 10.5 Å². The number of carbonyl (C=O) groups excluding carboxylic acids is 4. The first-order valence-corrected chi connectivity index (χ1v) is 17.7. The molecule has 262 valence electrons. The van der Waals surface area contributed by atoms with Crippen LogP contribution in [0.5, 0.6) is 0 Å². The molecule has 2 N–H and O–H groups in total. The van der Waals surface area contributed by atoms with E-state index in [-0.39, 0.29) is 19.1 Å². The van der Waals surface area contributed by atoms with Crippen molar-refractivity contribution in [1.82, 2.24) is 15.5 Å². The second-order valence-electron chi connectivity index (χ2n) is 13.9. The minimum absolute atomic E-state index is 0.130. The third-order valence-electron chi connectivity index (χ3n) is 8.60. The number of ether oxygens (including phenoxy) is 3. The number of piperidine rings is 1. The van der Waals surface area contributed by atoms with Crippen molar-refractivity contribution in [1.29, 1.82) is 0 Å². The van der Waals surface area contributed by atoms with Gasteiger partial charge in [0, 0.05) is 25.0 Å². The molecule has 0 aliphatic carbocycles. The molecule has 1 spiro atoms. The van der Waals surface area contributed by atoms with Crippen molar-refractivity contribution in [2.75, 3.05) is 43.6 Å². The van der Waals surface area contributed by atoms with E-state index in [1.807, 2.05) is 54.6 Å². The quantitative estimate of drug-likeness (QED) is 0.268. The van der Waals surface area contributed by atoms with Crippen LogP contribution < -0.4 is 14.9 Å². The Morgan fingerprint density at radius 1 is 0.917 bits per heavy atom. The summed E-state index contributed by atoms with van der Waals surface area (Å²) in [5, 5.41) is 5.19. The molecular weight excluding hydrogens is 640 g/mol. The number of carbonyl (C=O) groups is 4. The summed E-state index contributed by atoms with van der Waals surface area (Å²) < 4.78 is 42.4. The van der Waals surface area contributed by atoms with Crippen molar-refractivity contribution in [3.8, 4) is 0 Å². The van der Waals surface area contributed by atoms with Gasteiger partial charge < -0.3 is 29.7 Å². The fourth-order valence-corrected chi connectivity index (χ4v) is 6.77. The molecule has 0 unspecified atom stereocenters. The van der Waals surface area contributed by atoms with Crippen LogP contribution in [-0.4, -0.2) is 88.1 Å². The predicted octanol–water partition coefficient (Wildman–Crippen LogP) is 3.08. The van der Waals surface area contributed by atoms with E-state index in [4.69, 9.17) is 14.2 Å². The highest BCUT2D eigenvalue weighted by molar-refractivity contribution is 7.92. The van der Waals surface area contributed by atoms with Gasteiger partial charge in [-0.05, 0) is 64.7 Å². The third-order valence-corrected chi connectivity index (χ3v) is 9.72. The Labute approximate surface area is 282 Å². The van der Waals surface area contributed by atoms with Gasteiger partial charge in [0.15, 0.2) is 0 Å². The number of hydrogen-bond donors (Lipinski definition) is 2. The number of likely N-dealkylation sites (tertiary alicyclic amines) is 1. The lowest BCUT2D eigenvalue weighted by Gasteiger charge is -2.41. The Morgan fingerprint density at radius 3 is 2.17 bits per heavy atom. The zero-order chi connectivity index (χ0) is 35.3.